The maximum absolute atomic E-state index is 13.4. The maximum atomic E-state index is 13.4. The van der Waals surface area contributed by atoms with Gasteiger partial charge in [0, 0.05) is 120 Å². The first-order chi connectivity index (χ1) is 44.2. The van der Waals surface area contributed by atoms with Gasteiger partial charge in [-0.2, -0.15) is 0 Å². The van der Waals surface area contributed by atoms with Gasteiger partial charge in [-0.25, -0.2) is 58.0 Å². The number of aromatic nitrogens is 12. The molecule has 472 valence electrons. The average molecular weight is 1330 g/mol. The van der Waals surface area contributed by atoms with Crippen LogP contribution in [0.1, 0.15) is 76.0 Å². The predicted molar refractivity (Wildman–Crippen MR) is 364 cm³/mol. The molecule has 3 aromatic carbocycles. The molecule has 2 aliphatic rings. The predicted octanol–water partition coefficient (Wildman–Crippen LogP) is 15.9. The molecule has 0 amide bonds. The number of pyridine rings is 3. The fraction of sp³-hybridized carbons (Fsp3) is 0.250. The van der Waals surface area contributed by atoms with Crippen LogP contribution in [0.5, 0.6) is 0 Å². The molecule has 0 radical (unpaired) electrons. The fourth-order valence-corrected chi connectivity index (χ4v) is 11.4. The topological polar surface area (TPSA) is 224 Å². The number of ether oxygens (including phenoxy) is 2. The summed E-state index contributed by atoms with van der Waals surface area (Å²) in [6, 6.07) is 24.4. The van der Waals surface area contributed by atoms with Gasteiger partial charge in [0.15, 0.2) is 17.5 Å². The van der Waals surface area contributed by atoms with E-state index in [-0.39, 0.29) is 47.6 Å². The third kappa shape index (κ3) is 14.3. The number of hydrogen-bond donors (Lipinski definition) is 6. The molecule has 14 rings (SSSR count). The molecule has 2 saturated heterocycles. The normalized spacial score (nSPS) is 13.3. The molecule has 0 atom stereocenters. The summed E-state index contributed by atoms with van der Waals surface area (Å²) in [6.07, 6.45) is 16.7. The van der Waals surface area contributed by atoms with Crippen molar-refractivity contribution in [1.29, 1.82) is 0 Å². The van der Waals surface area contributed by atoms with Crippen LogP contribution < -0.4 is 25.8 Å². The van der Waals surface area contributed by atoms with E-state index >= 15 is 0 Å². The molecule has 0 spiro atoms. The minimum atomic E-state index is -0.285. The number of rotatable bonds is 14. The standard InChI is InChI=1S/2C24H25FN6O.C20H17BrFN5.ClH/c2*1-15(2)18-13-27-22(16-3-5-17(25)6-4-16)30-23(18)29-19-7-8-26-24-21(19)20(14-28-24)31-9-11-32-12-10-31;1-11(2)14-9-24-18(12-3-5-13(22)6-4-12)27-19(14)26-16-7-8-23-20-17(16)15(21)10-25-20;/h2*3-8,13-15H,9-12H2,1-2H3,(H2,26,27,28,29,30);3-11H,1-2H3,(H2,23,24,25,26,27);1H. The Labute approximate surface area is 544 Å². The van der Waals surface area contributed by atoms with Crippen LogP contribution in [0.3, 0.4) is 0 Å². The van der Waals surface area contributed by atoms with Gasteiger partial charge in [-0.1, -0.05) is 41.5 Å². The van der Waals surface area contributed by atoms with E-state index < -0.39 is 0 Å². The van der Waals surface area contributed by atoms with E-state index in [4.69, 9.17) is 24.4 Å². The number of fused-ring (bicyclic) bond motifs is 3. The Morgan fingerprint density at radius 3 is 1.05 bits per heavy atom. The molecule has 11 heterocycles. The fourth-order valence-electron chi connectivity index (χ4n) is 10.9. The van der Waals surface area contributed by atoms with E-state index in [1.54, 1.807) is 55.0 Å². The molecule has 2 fully saturated rings. The summed E-state index contributed by atoms with van der Waals surface area (Å²) in [5, 5.41) is 13.5. The summed E-state index contributed by atoms with van der Waals surface area (Å²) in [4.78, 5) is 55.6. The Kier molecular flexibility index (Phi) is 20.0. The van der Waals surface area contributed by atoms with Crippen LogP contribution in [0, 0.1) is 17.5 Å². The van der Waals surface area contributed by atoms with Crippen LogP contribution in [0.15, 0.2) is 151 Å². The van der Waals surface area contributed by atoms with Crippen molar-refractivity contribution in [3.05, 3.63) is 185 Å². The molecule has 12 aromatic rings. The maximum Gasteiger partial charge on any atom is 0.161 e. The molecule has 0 aliphatic carbocycles. The first-order valence-corrected chi connectivity index (χ1v) is 30.9. The number of morpholine rings is 2. The van der Waals surface area contributed by atoms with Gasteiger partial charge in [-0.05, 0) is 125 Å². The quantitative estimate of drug-likeness (QED) is 0.0595. The van der Waals surface area contributed by atoms with E-state index in [2.05, 4.69) is 128 Å². The third-order valence-electron chi connectivity index (χ3n) is 15.7. The van der Waals surface area contributed by atoms with Crippen LogP contribution in [0.4, 0.5) is 59.1 Å². The van der Waals surface area contributed by atoms with E-state index in [1.807, 2.05) is 55.4 Å². The molecule has 2 aliphatic heterocycles. The average Bonchev–Trinajstić information content (AvgIpc) is 1.61. The second-order valence-electron chi connectivity index (χ2n) is 22.8. The zero-order valence-electron chi connectivity index (χ0n) is 51.4. The van der Waals surface area contributed by atoms with Crippen LogP contribution in [0.25, 0.3) is 67.3 Å². The Bertz CT molecular complexity index is 4280. The van der Waals surface area contributed by atoms with Gasteiger partial charge < -0.3 is 50.2 Å². The van der Waals surface area contributed by atoms with Crippen LogP contribution >= 0.6 is 28.3 Å². The highest BCUT2D eigenvalue weighted by molar-refractivity contribution is 9.10. The summed E-state index contributed by atoms with van der Waals surface area (Å²) in [5.74, 6) is 3.65. The first kappa shape index (κ1) is 64.0. The summed E-state index contributed by atoms with van der Waals surface area (Å²) in [6.45, 7) is 18.8. The molecular weight excluding hydrogens is 1260 g/mol. The number of H-pyrrole nitrogens is 3. The summed E-state index contributed by atoms with van der Waals surface area (Å²) < 4.78 is 51.9. The van der Waals surface area contributed by atoms with Gasteiger partial charge in [-0.15, -0.1) is 12.4 Å². The lowest BCUT2D eigenvalue weighted by atomic mass is 10.1. The van der Waals surface area contributed by atoms with Crippen LogP contribution in [-0.2, 0) is 9.47 Å². The van der Waals surface area contributed by atoms with Crippen molar-refractivity contribution in [3.8, 4) is 34.2 Å². The monoisotopic (exact) mass is 1330 g/mol. The van der Waals surface area contributed by atoms with E-state index in [0.29, 0.717) is 43.9 Å². The van der Waals surface area contributed by atoms with Crippen LogP contribution in [0.2, 0.25) is 0 Å². The number of anilines is 8. The molecule has 6 N–H and O–H groups in total. The zero-order valence-corrected chi connectivity index (χ0v) is 53.8. The minimum Gasteiger partial charge on any atom is -0.378 e. The summed E-state index contributed by atoms with van der Waals surface area (Å²) in [5.41, 5.74) is 12.6. The van der Waals surface area contributed by atoms with Crippen molar-refractivity contribution in [2.75, 3.05) is 78.4 Å². The number of aromatic amines is 3. The van der Waals surface area contributed by atoms with Gasteiger partial charge in [-0.3, -0.25) is 0 Å². The Morgan fingerprint density at radius 2 is 0.728 bits per heavy atom. The number of benzene rings is 3. The van der Waals surface area contributed by atoms with Crippen molar-refractivity contribution in [3.63, 3.8) is 0 Å². The molecule has 92 heavy (non-hydrogen) atoms. The minimum absolute atomic E-state index is 0. The highest BCUT2D eigenvalue weighted by atomic mass is 79.9. The van der Waals surface area contributed by atoms with E-state index in [0.717, 1.165) is 143 Å². The van der Waals surface area contributed by atoms with Gasteiger partial charge >= 0.3 is 0 Å². The van der Waals surface area contributed by atoms with E-state index in [9.17, 15) is 13.2 Å². The molecule has 0 saturated carbocycles. The van der Waals surface area contributed by atoms with Crippen molar-refractivity contribution in [2.24, 2.45) is 0 Å². The number of halogens is 5. The smallest absolute Gasteiger partial charge is 0.161 e. The number of nitrogens with zero attached hydrogens (tertiary/aromatic N) is 11. The van der Waals surface area contributed by atoms with Crippen molar-refractivity contribution < 1.29 is 22.6 Å². The van der Waals surface area contributed by atoms with Gasteiger partial charge in [0.05, 0.1) is 71.0 Å². The third-order valence-corrected chi connectivity index (χ3v) is 16.3. The first-order valence-electron chi connectivity index (χ1n) is 30.1. The highest BCUT2D eigenvalue weighted by Gasteiger charge is 2.23. The SMILES string of the molecule is CC(C)c1cnc(-c2ccc(F)cc2)nc1Nc1ccnc2[nH]cc(Br)c12.CC(C)c1cnc(-c2ccc(F)cc2)nc1Nc1ccnc2[nH]cc(N3CCOCC3)c12.CC(C)c1cnc(-c2ccc(F)cc2)nc1Nc1ccnc2[nH]cc(N3CCOCC3)c12.Cl. The lowest BCUT2D eigenvalue weighted by Crippen LogP contribution is -2.36. The largest absolute Gasteiger partial charge is 0.378 e. The Morgan fingerprint density at radius 1 is 0.424 bits per heavy atom. The van der Waals surface area contributed by atoms with E-state index in [1.165, 1.54) is 36.4 Å². The van der Waals surface area contributed by atoms with Gasteiger partial charge in [0.2, 0.25) is 0 Å². The lowest BCUT2D eigenvalue weighted by molar-refractivity contribution is 0.122. The van der Waals surface area contributed by atoms with Crippen molar-refractivity contribution in [1.82, 2.24) is 59.8 Å². The second-order valence-corrected chi connectivity index (χ2v) is 23.6. The van der Waals surface area contributed by atoms with Crippen molar-refractivity contribution in [2.45, 2.75) is 59.3 Å². The second kappa shape index (κ2) is 28.7. The number of nitrogens with one attached hydrogen (secondary N) is 6. The van der Waals surface area contributed by atoms with Crippen LogP contribution in [-0.4, -0.2) is 112 Å². The Balaban J connectivity index is 0.000000141. The van der Waals surface area contributed by atoms with Crippen molar-refractivity contribution >= 4 is 107 Å². The lowest BCUT2D eigenvalue weighted by Gasteiger charge is -2.28. The summed E-state index contributed by atoms with van der Waals surface area (Å²) in [7, 11) is 0. The molecule has 24 heteroatoms. The number of hydrogen-bond acceptors (Lipinski definition) is 16. The zero-order chi connectivity index (χ0) is 63.1. The Hall–Kier alpha value is -9.55. The summed E-state index contributed by atoms with van der Waals surface area (Å²) >= 11 is 3.56. The van der Waals surface area contributed by atoms with Gasteiger partial charge in [0.25, 0.3) is 0 Å². The molecule has 0 unspecified atom stereocenters. The molecular formula is C68H68BrClF3N17O2. The highest BCUT2D eigenvalue weighted by Crippen LogP contribution is 2.39. The molecule has 9 aromatic heterocycles. The van der Waals surface area contributed by atoms with Gasteiger partial charge in [0.1, 0.15) is 51.8 Å². The molecule has 19 nitrogen and oxygen atoms in total. The molecule has 0 bridgehead atoms.